The zero-order valence-corrected chi connectivity index (χ0v) is 63.6. The first kappa shape index (κ1) is 72.1. The summed E-state index contributed by atoms with van der Waals surface area (Å²) in [6.45, 7) is 13.0. The molecule has 0 radical (unpaired) electrons. The SMILES string of the molecule is CCc1ccc(-c2ccc(Cc3ccc(-c4ccc(C)cc4)cc3)cc2)cc1.CCc1ccc(-c2ccc(Cc3ccc(Cc4ccc(C)cc4)cc3)cc2)cc1.Cc1ccc2c(c1)C(c1ccccc1)(c1ccccc1)c1cc(C)ccc1-2.c1ccc(C2(c3ccccc3)c3ccccc3-c3ccccc32)cc1. The molecule has 18 rings (SSSR count). The smallest absolute Gasteiger partial charge is 0.0622 e. The van der Waals surface area contributed by atoms with Crippen molar-refractivity contribution >= 4 is 0 Å². The number of hydrogen-bond donors (Lipinski definition) is 0. The third-order valence-electron chi connectivity index (χ3n) is 22.2. The Labute approximate surface area is 647 Å². The van der Waals surface area contributed by atoms with Crippen molar-refractivity contribution < 1.29 is 0 Å². The molecule has 0 N–H and O–H groups in total. The molecule has 0 saturated carbocycles. The molecule has 0 fully saturated rings. The molecule has 0 aliphatic heterocycles. The highest BCUT2D eigenvalue weighted by Crippen LogP contribution is 2.58. The summed E-state index contributed by atoms with van der Waals surface area (Å²) in [7, 11) is 0. The van der Waals surface area contributed by atoms with Crippen molar-refractivity contribution in [3.05, 3.63) is 512 Å². The van der Waals surface area contributed by atoms with E-state index < -0.39 is 0 Å². The van der Waals surface area contributed by atoms with E-state index in [1.54, 1.807) is 0 Å². The van der Waals surface area contributed by atoms with Crippen LogP contribution in [0.3, 0.4) is 0 Å². The Hall–Kier alpha value is -12.5. The third kappa shape index (κ3) is 15.6. The molecule has 0 saturated heterocycles. The number of benzene rings is 16. The monoisotopic (exact) mass is 1400 g/mol. The van der Waals surface area contributed by atoms with Gasteiger partial charge in [-0.25, -0.2) is 0 Å². The molecule has 2 aliphatic carbocycles. The topological polar surface area (TPSA) is 0 Å². The minimum Gasteiger partial charge on any atom is -0.0622 e. The molecule has 109 heavy (non-hydrogen) atoms. The highest BCUT2D eigenvalue weighted by atomic mass is 14.5. The fourth-order valence-corrected chi connectivity index (χ4v) is 16.4. The summed E-state index contributed by atoms with van der Waals surface area (Å²) in [5, 5.41) is 0. The van der Waals surface area contributed by atoms with Gasteiger partial charge in [0.1, 0.15) is 0 Å². The molecular weight excluding hydrogens is 1310 g/mol. The van der Waals surface area contributed by atoms with E-state index in [9.17, 15) is 0 Å². The molecular formula is C109H94. The van der Waals surface area contributed by atoms with Crippen LogP contribution in [0.5, 0.6) is 0 Å². The lowest BCUT2D eigenvalue weighted by molar-refractivity contribution is 0.766. The van der Waals surface area contributed by atoms with Crippen LogP contribution in [-0.4, -0.2) is 0 Å². The van der Waals surface area contributed by atoms with E-state index in [1.807, 2.05) is 0 Å². The summed E-state index contributed by atoms with van der Waals surface area (Å²) in [4.78, 5) is 0. The Balaban J connectivity index is 0.000000116. The van der Waals surface area contributed by atoms with E-state index in [0.717, 1.165) is 32.1 Å². The zero-order valence-electron chi connectivity index (χ0n) is 63.6. The van der Waals surface area contributed by atoms with Crippen molar-refractivity contribution in [3.8, 4) is 55.6 Å². The highest BCUT2D eigenvalue weighted by molar-refractivity contribution is 5.88. The molecule has 530 valence electrons. The van der Waals surface area contributed by atoms with E-state index in [4.69, 9.17) is 0 Å². The van der Waals surface area contributed by atoms with Crippen LogP contribution in [0, 0.1) is 27.7 Å². The van der Waals surface area contributed by atoms with Gasteiger partial charge in [0.15, 0.2) is 0 Å². The number of hydrogen-bond acceptors (Lipinski definition) is 0. The molecule has 0 nitrogen and oxygen atoms in total. The van der Waals surface area contributed by atoms with Crippen molar-refractivity contribution in [3.63, 3.8) is 0 Å². The maximum atomic E-state index is 2.38. The summed E-state index contributed by atoms with van der Waals surface area (Å²) in [6.07, 6.45) is 5.10. The maximum absolute atomic E-state index is 2.38. The van der Waals surface area contributed by atoms with E-state index in [1.165, 1.54) is 167 Å². The van der Waals surface area contributed by atoms with Crippen LogP contribution < -0.4 is 0 Å². The Morgan fingerprint density at radius 1 is 0.174 bits per heavy atom. The van der Waals surface area contributed by atoms with E-state index >= 15 is 0 Å². The summed E-state index contributed by atoms with van der Waals surface area (Å²) < 4.78 is 0. The normalized spacial score (nSPS) is 12.3. The van der Waals surface area contributed by atoms with Crippen molar-refractivity contribution in [2.75, 3.05) is 0 Å². The molecule has 16 aromatic rings. The fourth-order valence-electron chi connectivity index (χ4n) is 16.4. The highest BCUT2D eigenvalue weighted by Gasteiger charge is 2.47. The Morgan fingerprint density at radius 2 is 0.376 bits per heavy atom. The molecule has 2 aliphatic rings. The van der Waals surface area contributed by atoms with Crippen LogP contribution in [0.1, 0.15) is 125 Å². The Morgan fingerprint density at radius 3 is 0.661 bits per heavy atom. The first-order chi connectivity index (χ1) is 53.5. The molecule has 0 bridgehead atoms. The van der Waals surface area contributed by atoms with Crippen molar-refractivity contribution in [2.24, 2.45) is 0 Å². The molecule has 0 spiro atoms. The molecule has 0 amide bonds. The predicted molar refractivity (Wildman–Crippen MR) is 462 cm³/mol. The molecule has 0 atom stereocenters. The van der Waals surface area contributed by atoms with Crippen molar-refractivity contribution in [2.45, 2.75) is 84.5 Å². The van der Waals surface area contributed by atoms with Gasteiger partial charge in [0, 0.05) is 0 Å². The van der Waals surface area contributed by atoms with Gasteiger partial charge in [0.25, 0.3) is 0 Å². The summed E-state index contributed by atoms with van der Waals surface area (Å²) >= 11 is 0. The summed E-state index contributed by atoms with van der Waals surface area (Å²) in [5.74, 6) is 0. The van der Waals surface area contributed by atoms with Gasteiger partial charge in [-0.15, -0.1) is 0 Å². The third-order valence-corrected chi connectivity index (χ3v) is 22.2. The van der Waals surface area contributed by atoms with Gasteiger partial charge in [0.2, 0.25) is 0 Å². The number of rotatable bonds is 15. The van der Waals surface area contributed by atoms with Crippen LogP contribution in [-0.2, 0) is 42.9 Å². The molecule has 0 heterocycles. The van der Waals surface area contributed by atoms with Crippen LogP contribution in [0.4, 0.5) is 0 Å². The lowest BCUT2D eigenvalue weighted by atomic mass is 9.67. The number of aryl methyl sites for hydroxylation is 6. The van der Waals surface area contributed by atoms with Crippen LogP contribution in [0.25, 0.3) is 55.6 Å². The van der Waals surface area contributed by atoms with E-state index in [-0.39, 0.29) is 10.8 Å². The minimum atomic E-state index is -0.273. The van der Waals surface area contributed by atoms with Gasteiger partial charge in [-0.2, -0.15) is 0 Å². The van der Waals surface area contributed by atoms with Gasteiger partial charge in [-0.05, 0) is 204 Å². The lowest BCUT2D eigenvalue weighted by Gasteiger charge is -2.34. The standard InChI is InChI=1S/C29H28.C28H26.C27H22.C25H18/c1-3-23-12-16-28(17-13-23)29-18-14-27(15-19-29)21-26-10-8-25(9-11-26)20-24-6-4-22(2)5-7-24;1-3-22-6-14-26(15-7-22)28-18-10-24(11-19-28)20-23-8-16-27(17-9-23)25-12-4-21(2)5-13-25;1-19-13-15-23-24-16-14-20(2)18-26(24)27(25(23)17-19,21-9-5-3-6-10-21)22-11-7-4-8-12-22;1-3-11-19(12-4-1)25(20-13-5-2-6-14-20)23-17-9-7-15-21(23)22-16-8-10-18-24(22)25/h4-19H,3,20-21H2,1-2H3;4-19H,3,20H2,1-2H3;3-18H,1-2H3;1-18H. The second-order valence-corrected chi connectivity index (χ2v) is 29.5. The molecule has 16 aromatic carbocycles. The molecule has 0 heteroatoms. The summed E-state index contributed by atoms with van der Waals surface area (Å²) in [5.41, 5.74) is 39.4. The molecule has 0 unspecified atom stereocenters. The van der Waals surface area contributed by atoms with E-state index in [2.05, 4.69) is 442 Å². The summed E-state index contributed by atoms with van der Waals surface area (Å²) in [6, 6.07) is 146. The predicted octanol–water partition coefficient (Wildman–Crippen LogP) is 27.6. The number of fused-ring (bicyclic) bond motifs is 6. The second kappa shape index (κ2) is 33.1. The molecule has 0 aromatic heterocycles. The van der Waals surface area contributed by atoms with Gasteiger partial charge in [-0.1, -0.05) is 436 Å². The van der Waals surface area contributed by atoms with Gasteiger partial charge < -0.3 is 0 Å². The minimum absolute atomic E-state index is 0.254. The van der Waals surface area contributed by atoms with Crippen molar-refractivity contribution in [1.82, 2.24) is 0 Å². The van der Waals surface area contributed by atoms with Crippen molar-refractivity contribution in [1.29, 1.82) is 0 Å². The van der Waals surface area contributed by atoms with Gasteiger partial charge >= 0.3 is 0 Å². The first-order valence-corrected chi connectivity index (χ1v) is 38.8. The zero-order chi connectivity index (χ0) is 74.5. The average Bonchev–Trinajstić information content (AvgIpc) is 1.57. The average molecular weight is 1400 g/mol. The van der Waals surface area contributed by atoms with Gasteiger partial charge in [-0.3, -0.25) is 0 Å². The Kier molecular flexibility index (Phi) is 21.9. The Bertz CT molecular complexity index is 5460. The van der Waals surface area contributed by atoms with E-state index in [0.29, 0.717) is 0 Å². The van der Waals surface area contributed by atoms with Crippen LogP contribution in [0.2, 0.25) is 0 Å². The second-order valence-electron chi connectivity index (χ2n) is 29.5. The quantitative estimate of drug-likeness (QED) is 0.0960. The van der Waals surface area contributed by atoms with Gasteiger partial charge in [0.05, 0.1) is 10.8 Å². The largest absolute Gasteiger partial charge is 0.0713 e. The fraction of sp³-hybridized carbons (Fsp3) is 0.119. The first-order valence-electron chi connectivity index (χ1n) is 38.8. The maximum Gasteiger partial charge on any atom is 0.0713 e. The lowest BCUT2D eigenvalue weighted by Crippen LogP contribution is -2.28. The van der Waals surface area contributed by atoms with Crippen LogP contribution >= 0.6 is 0 Å². The van der Waals surface area contributed by atoms with Crippen LogP contribution in [0.15, 0.2) is 400 Å².